The second-order valence-corrected chi connectivity index (χ2v) is 5.20. The highest BCUT2D eigenvalue weighted by atomic mass is 35.5. The maximum atomic E-state index is 10.5. The van der Waals surface area contributed by atoms with Gasteiger partial charge in [-0.2, -0.15) is 0 Å². The van der Waals surface area contributed by atoms with Gasteiger partial charge in [0.2, 0.25) is 0 Å². The molecular formula is C14H12Cl2N2O4. The number of nitro benzene ring substituents is 1. The summed E-state index contributed by atoms with van der Waals surface area (Å²) in [4.78, 5) is 10.0. The fourth-order valence-electron chi connectivity index (χ4n) is 1.70. The first kappa shape index (κ1) is 16.2. The van der Waals surface area contributed by atoms with Crippen molar-refractivity contribution in [1.82, 2.24) is 0 Å². The molecule has 116 valence electrons. The minimum absolute atomic E-state index is 0.0185. The Morgan fingerprint density at radius 2 is 1.95 bits per heavy atom. The van der Waals surface area contributed by atoms with E-state index in [0.717, 1.165) is 0 Å². The SMILES string of the molecule is Cc1c(Cl)cc(NCOc2ccc([N+](=O)[O-])cc2)c(O)c1Cl. The number of non-ortho nitro benzene ring substituents is 1. The van der Waals surface area contributed by atoms with E-state index in [4.69, 9.17) is 27.9 Å². The summed E-state index contributed by atoms with van der Waals surface area (Å²) in [6.45, 7) is 1.72. The van der Waals surface area contributed by atoms with Crippen LogP contribution in [0.4, 0.5) is 11.4 Å². The number of rotatable bonds is 5. The van der Waals surface area contributed by atoms with E-state index >= 15 is 0 Å². The third-order valence-electron chi connectivity index (χ3n) is 2.97. The first-order valence-electron chi connectivity index (χ1n) is 6.19. The molecule has 0 amide bonds. The van der Waals surface area contributed by atoms with Crippen molar-refractivity contribution in [1.29, 1.82) is 0 Å². The number of nitrogens with one attached hydrogen (secondary N) is 1. The van der Waals surface area contributed by atoms with Crippen LogP contribution in [0.2, 0.25) is 10.0 Å². The van der Waals surface area contributed by atoms with Gasteiger partial charge in [0.1, 0.15) is 5.75 Å². The van der Waals surface area contributed by atoms with E-state index in [0.29, 0.717) is 22.0 Å². The van der Waals surface area contributed by atoms with Crippen LogP contribution in [0.3, 0.4) is 0 Å². The molecule has 2 rings (SSSR count). The summed E-state index contributed by atoms with van der Waals surface area (Å²) >= 11 is 11.9. The summed E-state index contributed by atoms with van der Waals surface area (Å²) in [6.07, 6.45) is 0. The highest BCUT2D eigenvalue weighted by Crippen LogP contribution is 2.38. The van der Waals surface area contributed by atoms with Crippen LogP contribution in [0, 0.1) is 17.0 Å². The lowest BCUT2D eigenvalue weighted by atomic mass is 10.2. The highest BCUT2D eigenvalue weighted by Gasteiger charge is 2.12. The van der Waals surface area contributed by atoms with E-state index in [1.807, 2.05) is 0 Å². The van der Waals surface area contributed by atoms with Crippen molar-refractivity contribution in [2.45, 2.75) is 6.92 Å². The van der Waals surface area contributed by atoms with Gasteiger partial charge in [-0.3, -0.25) is 10.1 Å². The fraction of sp³-hybridized carbons (Fsp3) is 0.143. The molecule has 8 heteroatoms. The van der Waals surface area contributed by atoms with Gasteiger partial charge >= 0.3 is 0 Å². The van der Waals surface area contributed by atoms with Gasteiger partial charge in [-0.15, -0.1) is 0 Å². The lowest BCUT2D eigenvalue weighted by Crippen LogP contribution is -2.09. The molecule has 0 bridgehead atoms. The molecule has 0 aliphatic carbocycles. The number of aromatic hydroxyl groups is 1. The van der Waals surface area contributed by atoms with Crippen molar-refractivity contribution in [3.8, 4) is 11.5 Å². The van der Waals surface area contributed by atoms with Crippen LogP contribution in [-0.4, -0.2) is 16.8 Å². The second kappa shape index (κ2) is 6.72. The Hall–Kier alpha value is -2.18. The molecule has 22 heavy (non-hydrogen) atoms. The van der Waals surface area contributed by atoms with Crippen molar-refractivity contribution in [3.05, 3.63) is 56.1 Å². The molecular weight excluding hydrogens is 331 g/mol. The van der Waals surface area contributed by atoms with Gasteiger partial charge < -0.3 is 15.2 Å². The third-order valence-corrected chi connectivity index (χ3v) is 3.83. The molecule has 2 aromatic carbocycles. The van der Waals surface area contributed by atoms with Crippen LogP contribution in [0.15, 0.2) is 30.3 Å². The Morgan fingerprint density at radius 3 is 2.55 bits per heavy atom. The van der Waals surface area contributed by atoms with Crippen LogP contribution in [0.1, 0.15) is 5.56 Å². The number of phenolic OH excluding ortho intramolecular Hbond substituents is 1. The number of phenols is 1. The lowest BCUT2D eigenvalue weighted by molar-refractivity contribution is -0.384. The molecule has 0 radical (unpaired) electrons. The van der Waals surface area contributed by atoms with E-state index in [1.165, 1.54) is 30.3 Å². The Kier molecular flexibility index (Phi) is 4.95. The van der Waals surface area contributed by atoms with Crippen LogP contribution in [0.25, 0.3) is 0 Å². The highest BCUT2D eigenvalue weighted by molar-refractivity contribution is 6.37. The zero-order valence-corrected chi connectivity index (χ0v) is 13.0. The zero-order valence-electron chi connectivity index (χ0n) is 11.5. The molecule has 2 N–H and O–H groups in total. The van der Waals surface area contributed by atoms with Crippen LogP contribution in [-0.2, 0) is 0 Å². The number of anilines is 1. The van der Waals surface area contributed by atoms with Gasteiger partial charge in [-0.1, -0.05) is 23.2 Å². The molecule has 0 saturated heterocycles. The standard InChI is InChI=1S/C14H12Cl2N2O4/c1-8-11(15)6-12(14(19)13(8)16)17-7-22-10-4-2-9(3-5-10)18(20)21/h2-6,17,19H,7H2,1H3. The third kappa shape index (κ3) is 3.52. The summed E-state index contributed by atoms with van der Waals surface area (Å²) in [7, 11) is 0. The summed E-state index contributed by atoms with van der Waals surface area (Å²) in [5.41, 5.74) is 0.903. The van der Waals surface area contributed by atoms with Crippen LogP contribution in [0.5, 0.6) is 11.5 Å². The molecule has 0 aromatic heterocycles. The molecule has 6 nitrogen and oxygen atoms in total. The molecule has 0 fully saturated rings. The number of nitrogens with zero attached hydrogens (tertiary/aromatic N) is 1. The quantitative estimate of drug-likeness (QED) is 0.365. The maximum Gasteiger partial charge on any atom is 0.269 e. The van der Waals surface area contributed by atoms with E-state index in [1.54, 1.807) is 6.92 Å². The van der Waals surface area contributed by atoms with Gasteiger partial charge in [0, 0.05) is 17.2 Å². The molecule has 0 aliphatic rings. The summed E-state index contributed by atoms with van der Waals surface area (Å²) in [5.74, 6) is 0.331. The Labute approximate surface area is 136 Å². The number of nitro groups is 1. The second-order valence-electron chi connectivity index (χ2n) is 4.41. The molecule has 0 spiro atoms. The molecule has 0 aliphatic heterocycles. The number of hydrogen-bond donors (Lipinski definition) is 2. The Bertz CT molecular complexity index is 705. The molecule has 0 atom stereocenters. The number of halogens is 2. The fourth-order valence-corrected chi connectivity index (χ4v) is 2.16. The van der Waals surface area contributed by atoms with E-state index in [-0.39, 0.29) is 23.2 Å². The molecule has 0 heterocycles. The predicted molar refractivity (Wildman–Crippen MR) is 85.1 cm³/mol. The molecule has 0 saturated carbocycles. The van der Waals surface area contributed by atoms with Crippen LogP contribution < -0.4 is 10.1 Å². The normalized spacial score (nSPS) is 10.3. The smallest absolute Gasteiger partial charge is 0.269 e. The van der Waals surface area contributed by atoms with Crippen molar-refractivity contribution < 1.29 is 14.8 Å². The van der Waals surface area contributed by atoms with Gasteiger partial charge in [0.15, 0.2) is 12.5 Å². The number of ether oxygens (including phenoxy) is 1. The van der Waals surface area contributed by atoms with Gasteiger partial charge in [-0.25, -0.2) is 0 Å². The van der Waals surface area contributed by atoms with Gasteiger partial charge in [-0.05, 0) is 30.7 Å². The first-order valence-corrected chi connectivity index (χ1v) is 6.94. The lowest BCUT2D eigenvalue weighted by Gasteiger charge is -2.13. The van der Waals surface area contributed by atoms with Gasteiger partial charge in [0.05, 0.1) is 15.6 Å². The van der Waals surface area contributed by atoms with E-state index < -0.39 is 4.92 Å². The number of hydrogen-bond acceptors (Lipinski definition) is 5. The Balaban J connectivity index is 2.01. The summed E-state index contributed by atoms with van der Waals surface area (Å²) < 4.78 is 5.38. The zero-order chi connectivity index (χ0) is 16.3. The monoisotopic (exact) mass is 342 g/mol. The van der Waals surface area contributed by atoms with Crippen molar-refractivity contribution >= 4 is 34.6 Å². The van der Waals surface area contributed by atoms with Crippen molar-refractivity contribution in [2.24, 2.45) is 0 Å². The minimum atomic E-state index is -0.490. The first-order chi connectivity index (χ1) is 10.4. The van der Waals surface area contributed by atoms with E-state index in [2.05, 4.69) is 5.32 Å². The summed E-state index contributed by atoms with van der Waals surface area (Å²) in [6, 6.07) is 7.18. The Morgan fingerprint density at radius 1 is 1.32 bits per heavy atom. The van der Waals surface area contributed by atoms with Crippen molar-refractivity contribution in [2.75, 3.05) is 12.0 Å². The summed E-state index contributed by atoms with van der Waals surface area (Å²) in [5, 5.41) is 23.9. The molecule has 0 unspecified atom stereocenters. The largest absolute Gasteiger partial charge is 0.504 e. The predicted octanol–water partition coefficient (Wildman–Crippen LogP) is 4.36. The maximum absolute atomic E-state index is 10.5. The number of benzene rings is 2. The van der Waals surface area contributed by atoms with E-state index in [9.17, 15) is 15.2 Å². The minimum Gasteiger partial charge on any atom is -0.504 e. The van der Waals surface area contributed by atoms with Crippen molar-refractivity contribution in [3.63, 3.8) is 0 Å². The topological polar surface area (TPSA) is 84.6 Å². The molecule has 2 aromatic rings. The van der Waals surface area contributed by atoms with Gasteiger partial charge in [0.25, 0.3) is 5.69 Å². The average Bonchev–Trinajstić information content (AvgIpc) is 2.50. The average molecular weight is 343 g/mol. The van der Waals surface area contributed by atoms with Crippen LogP contribution >= 0.6 is 23.2 Å².